The fourth-order valence-corrected chi connectivity index (χ4v) is 3.71. The van der Waals surface area contributed by atoms with E-state index < -0.39 is 0 Å². The summed E-state index contributed by atoms with van der Waals surface area (Å²) in [5.74, 6) is 1.42. The molecule has 0 bridgehead atoms. The number of nitrogens with one attached hydrogen (secondary N) is 1. The topological polar surface area (TPSA) is 60.0 Å². The molecular formula is C24H30N2O4. The van der Waals surface area contributed by atoms with E-state index in [2.05, 4.69) is 16.3 Å². The first-order valence-electron chi connectivity index (χ1n) is 10.3. The summed E-state index contributed by atoms with van der Waals surface area (Å²) in [6, 6.07) is 11.6. The maximum absolute atomic E-state index is 12.6. The molecule has 0 saturated carbocycles. The second-order valence-electron chi connectivity index (χ2n) is 7.20. The van der Waals surface area contributed by atoms with E-state index >= 15 is 0 Å². The van der Waals surface area contributed by atoms with Crippen molar-refractivity contribution in [1.29, 1.82) is 0 Å². The zero-order valence-electron chi connectivity index (χ0n) is 17.9. The minimum absolute atomic E-state index is 0.189. The van der Waals surface area contributed by atoms with Gasteiger partial charge in [0.25, 0.3) is 0 Å². The third-order valence-corrected chi connectivity index (χ3v) is 5.22. The summed E-state index contributed by atoms with van der Waals surface area (Å²) in [5.41, 5.74) is 2.69. The fraction of sp³-hybridized carbons (Fsp3) is 0.375. The zero-order valence-corrected chi connectivity index (χ0v) is 17.9. The number of benzene rings is 2. The Hall–Kier alpha value is -3.15. The average molecular weight is 411 g/mol. The summed E-state index contributed by atoms with van der Waals surface area (Å²) < 4.78 is 16.1. The Bertz CT molecular complexity index is 862. The predicted octanol–water partition coefficient (Wildman–Crippen LogP) is 4.74. The van der Waals surface area contributed by atoms with E-state index in [1.54, 1.807) is 39.5 Å². The van der Waals surface area contributed by atoms with E-state index in [1.807, 2.05) is 18.2 Å². The molecule has 2 aromatic carbocycles. The van der Waals surface area contributed by atoms with E-state index in [-0.39, 0.29) is 5.91 Å². The summed E-state index contributed by atoms with van der Waals surface area (Å²) in [7, 11) is 4.69. The van der Waals surface area contributed by atoms with Gasteiger partial charge in [-0.15, -0.1) is 0 Å². The van der Waals surface area contributed by atoms with Gasteiger partial charge < -0.3 is 24.4 Å². The van der Waals surface area contributed by atoms with Crippen molar-refractivity contribution in [3.8, 4) is 17.2 Å². The molecule has 0 radical (unpaired) electrons. The van der Waals surface area contributed by atoms with Gasteiger partial charge in [0.2, 0.25) is 11.7 Å². The first-order valence-corrected chi connectivity index (χ1v) is 10.3. The SMILES string of the molecule is COc1cc(/C=C/C(=O)Nc2ccccc2N2CCCCCC2)cc(OC)c1OC. The van der Waals surface area contributed by atoms with Gasteiger partial charge in [-0.3, -0.25) is 4.79 Å². The fourth-order valence-electron chi connectivity index (χ4n) is 3.71. The molecule has 1 saturated heterocycles. The Morgan fingerprint density at radius 3 is 2.17 bits per heavy atom. The van der Waals surface area contributed by atoms with Gasteiger partial charge in [0, 0.05) is 19.2 Å². The molecule has 0 aliphatic carbocycles. The number of para-hydroxylation sites is 2. The maximum atomic E-state index is 12.6. The second kappa shape index (κ2) is 10.6. The average Bonchev–Trinajstić information content (AvgIpc) is 3.06. The minimum atomic E-state index is -0.189. The van der Waals surface area contributed by atoms with Crippen LogP contribution in [0, 0.1) is 0 Å². The van der Waals surface area contributed by atoms with Crippen LogP contribution in [-0.2, 0) is 4.79 Å². The molecule has 1 aliphatic heterocycles. The lowest BCUT2D eigenvalue weighted by molar-refractivity contribution is -0.111. The standard InChI is InChI=1S/C24H30N2O4/c1-28-21-16-18(17-22(29-2)24(21)30-3)12-13-23(27)25-19-10-6-7-11-20(19)26-14-8-4-5-9-15-26/h6-7,10-13,16-17H,4-5,8-9,14-15H2,1-3H3,(H,25,27)/b13-12+. The van der Waals surface area contributed by atoms with Crippen LogP contribution < -0.4 is 24.4 Å². The van der Waals surface area contributed by atoms with Crippen LogP contribution in [0.15, 0.2) is 42.5 Å². The molecule has 160 valence electrons. The molecule has 0 spiro atoms. The van der Waals surface area contributed by atoms with E-state index in [1.165, 1.54) is 31.8 Å². The molecule has 6 nitrogen and oxygen atoms in total. The Morgan fingerprint density at radius 2 is 1.57 bits per heavy atom. The predicted molar refractivity (Wildman–Crippen MR) is 121 cm³/mol. The van der Waals surface area contributed by atoms with E-state index in [0.29, 0.717) is 17.2 Å². The van der Waals surface area contributed by atoms with Crippen LogP contribution in [0.3, 0.4) is 0 Å². The molecule has 1 N–H and O–H groups in total. The number of rotatable bonds is 7. The quantitative estimate of drug-likeness (QED) is 0.668. The molecule has 30 heavy (non-hydrogen) atoms. The van der Waals surface area contributed by atoms with Crippen molar-refractivity contribution in [1.82, 2.24) is 0 Å². The number of carbonyl (C=O) groups is 1. The normalized spacial score (nSPS) is 14.3. The summed E-state index contributed by atoms with van der Waals surface area (Å²) in [6.45, 7) is 2.04. The molecule has 1 amide bonds. The highest BCUT2D eigenvalue weighted by atomic mass is 16.5. The first-order chi connectivity index (χ1) is 14.7. The maximum Gasteiger partial charge on any atom is 0.248 e. The highest BCUT2D eigenvalue weighted by Crippen LogP contribution is 2.38. The largest absolute Gasteiger partial charge is 0.493 e. The highest BCUT2D eigenvalue weighted by molar-refractivity contribution is 6.03. The van der Waals surface area contributed by atoms with Crippen molar-refractivity contribution in [2.45, 2.75) is 25.7 Å². The second-order valence-corrected chi connectivity index (χ2v) is 7.20. The van der Waals surface area contributed by atoms with E-state index in [0.717, 1.165) is 30.0 Å². The zero-order chi connectivity index (χ0) is 21.3. The molecule has 1 aliphatic rings. The Kier molecular flexibility index (Phi) is 7.60. The molecular weight excluding hydrogens is 380 g/mol. The Balaban J connectivity index is 1.76. The van der Waals surface area contributed by atoms with Crippen molar-refractivity contribution >= 4 is 23.4 Å². The lowest BCUT2D eigenvalue weighted by atomic mass is 10.1. The van der Waals surface area contributed by atoms with Crippen LogP contribution in [0.2, 0.25) is 0 Å². The third-order valence-electron chi connectivity index (χ3n) is 5.22. The number of hydrogen-bond donors (Lipinski definition) is 1. The van der Waals surface area contributed by atoms with Crippen LogP contribution >= 0.6 is 0 Å². The Morgan fingerprint density at radius 1 is 0.933 bits per heavy atom. The summed E-state index contributed by atoms with van der Waals surface area (Å²) >= 11 is 0. The molecule has 0 aromatic heterocycles. The van der Waals surface area contributed by atoms with Gasteiger partial charge in [-0.25, -0.2) is 0 Å². The van der Waals surface area contributed by atoms with Crippen molar-refractivity contribution in [3.05, 3.63) is 48.0 Å². The van der Waals surface area contributed by atoms with Gasteiger partial charge >= 0.3 is 0 Å². The third kappa shape index (κ3) is 5.26. The molecule has 1 heterocycles. The monoisotopic (exact) mass is 410 g/mol. The van der Waals surface area contributed by atoms with Gasteiger partial charge in [0.1, 0.15) is 0 Å². The van der Waals surface area contributed by atoms with E-state index in [4.69, 9.17) is 14.2 Å². The van der Waals surface area contributed by atoms with Crippen molar-refractivity contribution in [2.24, 2.45) is 0 Å². The lowest BCUT2D eigenvalue weighted by Crippen LogP contribution is -2.25. The number of carbonyl (C=O) groups excluding carboxylic acids is 1. The van der Waals surface area contributed by atoms with Gasteiger partial charge in [-0.1, -0.05) is 25.0 Å². The van der Waals surface area contributed by atoms with Crippen LogP contribution in [0.4, 0.5) is 11.4 Å². The molecule has 0 unspecified atom stereocenters. The summed E-state index contributed by atoms with van der Waals surface area (Å²) in [6.07, 6.45) is 8.14. The molecule has 6 heteroatoms. The number of methoxy groups -OCH3 is 3. The van der Waals surface area contributed by atoms with Crippen molar-refractivity contribution in [3.63, 3.8) is 0 Å². The lowest BCUT2D eigenvalue weighted by Gasteiger charge is -2.25. The Labute approximate surface area is 178 Å². The number of amides is 1. The molecule has 2 aromatic rings. The van der Waals surface area contributed by atoms with Gasteiger partial charge in [0.05, 0.1) is 32.7 Å². The summed E-state index contributed by atoms with van der Waals surface area (Å²) in [5, 5.41) is 3.02. The molecule has 3 rings (SSSR count). The van der Waals surface area contributed by atoms with Gasteiger partial charge in [-0.2, -0.15) is 0 Å². The number of nitrogens with zero attached hydrogens (tertiary/aromatic N) is 1. The van der Waals surface area contributed by atoms with Crippen LogP contribution in [0.5, 0.6) is 17.2 Å². The minimum Gasteiger partial charge on any atom is -0.493 e. The highest BCUT2D eigenvalue weighted by Gasteiger charge is 2.15. The van der Waals surface area contributed by atoms with Crippen LogP contribution in [-0.4, -0.2) is 40.3 Å². The number of anilines is 2. The van der Waals surface area contributed by atoms with E-state index in [9.17, 15) is 4.79 Å². The van der Waals surface area contributed by atoms with Gasteiger partial charge in [0.15, 0.2) is 11.5 Å². The number of hydrogen-bond acceptors (Lipinski definition) is 5. The smallest absolute Gasteiger partial charge is 0.248 e. The summed E-state index contributed by atoms with van der Waals surface area (Å²) in [4.78, 5) is 15.0. The van der Waals surface area contributed by atoms with Gasteiger partial charge in [-0.05, 0) is 48.7 Å². The molecule has 1 fully saturated rings. The van der Waals surface area contributed by atoms with Crippen LogP contribution in [0.25, 0.3) is 6.08 Å². The van der Waals surface area contributed by atoms with Crippen molar-refractivity contribution < 1.29 is 19.0 Å². The van der Waals surface area contributed by atoms with Crippen molar-refractivity contribution in [2.75, 3.05) is 44.6 Å². The number of ether oxygens (including phenoxy) is 3. The molecule has 0 atom stereocenters. The van der Waals surface area contributed by atoms with Crippen LogP contribution in [0.1, 0.15) is 31.2 Å². The first kappa shape index (κ1) is 21.6.